The number of pyridine rings is 1. The Morgan fingerprint density at radius 3 is 2.88 bits per heavy atom. The molecule has 1 aromatic heterocycles. The van der Waals surface area contributed by atoms with Gasteiger partial charge in [0.1, 0.15) is 11.8 Å². The van der Waals surface area contributed by atoms with Crippen molar-refractivity contribution >= 4 is 11.6 Å². The lowest BCUT2D eigenvalue weighted by molar-refractivity contribution is -0.120. The molecule has 1 rings (SSSR count). The Kier molecular flexibility index (Phi) is 4.28. The number of nitrogens with zero attached hydrogens (tertiary/aromatic N) is 3. The minimum atomic E-state index is 0.00783. The number of nitrogens with one attached hydrogen (secondary N) is 1. The summed E-state index contributed by atoms with van der Waals surface area (Å²) < 4.78 is 0. The number of carbonyl (C=O) groups excluding carboxylic acids is 1. The summed E-state index contributed by atoms with van der Waals surface area (Å²) in [5, 5.41) is 11.2. The van der Waals surface area contributed by atoms with Crippen molar-refractivity contribution in [1.29, 1.82) is 5.26 Å². The Hall–Kier alpha value is -2.09. The average molecular weight is 218 g/mol. The van der Waals surface area contributed by atoms with E-state index < -0.39 is 0 Å². The third-order valence-corrected chi connectivity index (χ3v) is 2.26. The summed E-state index contributed by atoms with van der Waals surface area (Å²) >= 11 is 0. The number of aromatic nitrogens is 1. The van der Waals surface area contributed by atoms with E-state index in [0.29, 0.717) is 18.7 Å². The highest BCUT2D eigenvalue weighted by molar-refractivity contribution is 5.76. The van der Waals surface area contributed by atoms with Gasteiger partial charge in [-0.2, -0.15) is 5.26 Å². The smallest absolute Gasteiger partial charge is 0.221 e. The zero-order valence-electron chi connectivity index (χ0n) is 9.40. The summed E-state index contributed by atoms with van der Waals surface area (Å²) in [6, 6.07) is 5.43. The SMILES string of the molecule is CNC(=O)CCN(C)c1ccc(C#N)nc1. The molecule has 0 spiro atoms. The van der Waals surface area contributed by atoms with E-state index in [4.69, 9.17) is 5.26 Å². The first kappa shape index (κ1) is 12.0. The molecular formula is C11H14N4O. The van der Waals surface area contributed by atoms with Crippen LogP contribution in [-0.4, -0.2) is 31.5 Å². The minimum Gasteiger partial charge on any atom is -0.373 e. The van der Waals surface area contributed by atoms with Gasteiger partial charge >= 0.3 is 0 Å². The van der Waals surface area contributed by atoms with Gasteiger partial charge in [0.05, 0.1) is 11.9 Å². The van der Waals surface area contributed by atoms with E-state index >= 15 is 0 Å². The summed E-state index contributed by atoms with van der Waals surface area (Å²) in [7, 11) is 3.50. The zero-order chi connectivity index (χ0) is 12.0. The van der Waals surface area contributed by atoms with Crippen LogP contribution in [0.15, 0.2) is 18.3 Å². The van der Waals surface area contributed by atoms with E-state index in [2.05, 4.69) is 10.3 Å². The molecule has 0 saturated heterocycles. The Morgan fingerprint density at radius 2 is 2.38 bits per heavy atom. The first-order chi connectivity index (χ1) is 7.67. The molecule has 5 nitrogen and oxygen atoms in total. The third kappa shape index (κ3) is 3.24. The molecule has 0 aliphatic carbocycles. The van der Waals surface area contributed by atoms with Gasteiger partial charge in [0.25, 0.3) is 0 Å². The van der Waals surface area contributed by atoms with Gasteiger partial charge in [0, 0.05) is 27.1 Å². The van der Waals surface area contributed by atoms with Crippen LogP contribution in [0.2, 0.25) is 0 Å². The molecule has 1 amide bonds. The van der Waals surface area contributed by atoms with Gasteiger partial charge in [-0.25, -0.2) is 4.98 Å². The van der Waals surface area contributed by atoms with Crippen LogP contribution >= 0.6 is 0 Å². The van der Waals surface area contributed by atoms with Crippen molar-refractivity contribution in [3.8, 4) is 6.07 Å². The molecule has 0 atom stereocenters. The molecule has 0 fully saturated rings. The molecule has 0 aliphatic rings. The van der Waals surface area contributed by atoms with Gasteiger partial charge in [-0.3, -0.25) is 4.79 Å². The Balaban J connectivity index is 2.56. The van der Waals surface area contributed by atoms with E-state index in [1.54, 1.807) is 19.3 Å². The van der Waals surface area contributed by atoms with Gasteiger partial charge in [0.2, 0.25) is 5.91 Å². The third-order valence-electron chi connectivity index (χ3n) is 2.26. The maximum Gasteiger partial charge on any atom is 0.221 e. The van der Waals surface area contributed by atoms with Crippen LogP contribution in [0.25, 0.3) is 0 Å². The van der Waals surface area contributed by atoms with Crippen LogP contribution in [0.3, 0.4) is 0 Å². The van der Waals surface area contributed by atoms with Crippen molar-refractivity contribution in [2.75, 3.05) is 25.5 Å². The molecule has 0 aliphatic heterocycles. The number of carbonyl (C=O) groups is 1. The van der Waals surface area contributed by atoms with Crippen molar-refractivity contribution in [3.63, 3.8) is 0 Å². The van der Waals surface area contributed by atoms with Gasteiger partial charge in [-0.05, 0) is 12.1 Å². The van der Waals surface area contributed by atoms with Crippen LogP contribution in [-0.2, 0) is 4.79 Å². The molecule has 0 bridgehead atoms. The van der Waals surface area contributed by atoms with Crippen molar-refractivity contribution in [3.05, 3.63) is 24.0 Å². The lowest BCUT2D eigenvalue weighted by Gasteiger charge is -2.18. The fourth-order valence-electron chi connectivity index (χ4n) is 1.20. The number of hydrogen-bond acceptors (Lipinski definition) is 4. The molecule has 16 heavy (non-hydrogen) atoms. The van der Waals surface area contributed by atoms with Crippen LogP contribution < -0.4 is 10.2 Å². The summed E-state index contributed by atoms with van der Waals surface area (Å²) in [5.41, 5.74) is 1.28. The Morgan fingerprint density at radius 1 is 1.62 bits per heavy atom. The molecule has 5 heteroatoms. The van der Waals surface area contributed by atoms with E-state index in [-0.39, 0.29) is 5.91 Å². The second-order valence-corrected chi connectivity index (χ2v) is 3.36. The van der Waals surface area contributed by atoms with Gasteiger partial charge in [0.15, 0.2) is 0 Å². The number of amides is 1. The lowest BCUT2D eigenvalue weighted by atomic mass is 10.3. The summed E-state index contributed by atoms with van der Waals surface area (Å²) in [6.45, 7) is 0.618. The van der Waals surface area contributed by atoms with Crippen LogP contribution in [0.1, 0.15) is 12.1 Å². The summed E-state index contributed by atoms with van der Waals surface area (Å²) in [5.74, 6) is 0.00783. The summed E-state index contributed by atoms with van der Waals surface area (Å²) in [4.78, 5) is 16.9. The number of anilines is 1. The molecular weight excluding hydrogens is 204 g/mol. The van der Waals surface area contributed by atoms with Crippen molar-refractivity contribution in [1.82, 2.24) is 10.3 Å². The van der Waals surface area contributed by atoms with Gasteiger partial charge < -0.3 is 10.2 Å². The second kappa shape index (κ2) is 5.71. The number of nitriles is 1. The molecule has 0 aromatic carbocycles. The lowest BCUT2D eigenvalue weighted by Crippen LogP contribution is -2.26. The minimum absolute atomic E-state index is 0.00783. The first-order valence-electron chi connectivity index (χ1n) is 4.95. The molecule has 0 saturated carbocycles. The predicted octanol–water partition coefficient (Wildman–Crippen LogP) is 0.526. The average Bonchev–Trinajstić information content (AvgIpc) is 2.35. The largest absolute Gasteiger partial charge is 0.373 e. The number of hydrogen-bond donors (Lipinski definition) is 1. The fourth-order valence-corrected chi connectivity index (χ4v) is 1.20. The first-order valence-corrected chi connectivity index (χ1v) is 4.95. The van der Waals surface area contributed by atoms with Crippen molar-refractivity contribution in [2.24, 2.45) is 0 Å². The Labute approximate surface area is 94.7 Å². The predicted molar refractivity (Wildman–Crippen MR) is 60.9 cm³/mol. The monoisotopic (exact) mass is 218 g/mol. The van der Waals surface area contributed by atoms with Crippen LogP contribution in [0.5, 0.6) is 0 Å². The summed E-state index contributed by atoms with van der Waals surface area (Å²) in [6.07, 6.45) is 2.06. The van der Waals surface area contributed by atoms with Crippen molar-refractivity contribution in [2.45, 2.75) is 6.42 Å². The normalized spacial score (nSPS) is 9.31. The van der Waals surface area contributed by atoms with E-state index in [1.165, 1.54) is 0 Å². The fraction of sp³-hybridized carbons (Fsp3) is 0.364. The van der Waals surface area contributed by atoms with Gasteiger partial charge in [-0.15, -0.1) is 0 Å². The molecule has 0 unspecified atom stereocenters. The highest BCUT2D eigenvalue weighted by Gasteiger charge is 2.04. The van der Waals surface area contributed by atoms with Crippen LogP contribution in [0.4, 0.5) is 5.69 Å². The van der Waals surface area contributed by atoms with E-state index in [9.17, 15) is 4.79 Å². The van der Waals surface area contributed by atoms with Crippen LogP contribution in [0, 0.1) is 11.3 Å². The topological polar surface area (TPSA) is 69.0 Å². The highest BCUT2D eigenvalue weighted by atomic mass is 16.1. The molecule has 0 radical (unpaired) electrons. The second-order valence-electron chi connectivity index (χ2n) is 3.36. The molecule has 1 N–H and O–H groups in total. The maximum absolute atomic E-state index is 11.1. The number of rotatable bonds is 4. The highest BCUT2D eigenvalue weighted by Crippen LogP contribution is 2.10. The van der Waals surface area contributed by atoms with Gasteiger partial charge in [-0.1, -0.05) is 0 Å². The standard InChI is InChI=1S/C11H14N4O/c1-13-11(16)5-6-15(2)10-4-3-9(7-12)14-8-10/h3-4,8H,5-6H2,1-2H3,(H,13,16). The maximum atomic E-state index is 11.1. The quantitative estimate of drug-likeness (QED) is 0.800. The molecule has 1 heterocycles. The molecule has 84 valence electrons. The molecule has 1 aromatic rings. The van der Waals surface area contributed by atoms with Crippen molar-refractivity contribution < 1.29 is 4.79 Å². The van der Waals surface area contributed by atoms with E-state index in [0.717, 1.165) is 5.69 Å². The Bertz CT molecular complexity index is 393. The zero-order valence-corrected chi connectivity index (χ0v) is 9.40. The van der Waals surface area contributed by atoms with E-state index in [1.807, 2.05) is 24.1 Å².